The van der Waals surface area contributed by atoms with Gasteiger partial charge in [-0.25, -0.2) is 9.67 Å². The minimum absolute atomic E-state index is 0.0476. The predicted molar refractivity (Wildman–Crippen MR) is 82.1 cm³/mol. The van der Waals surface area contributed by atoms with Crippen molar-refractivity contribution >= 4 is 22.4 Å². The molecule has 7 nitrogen and oxygen atoms in total. The minimum atomic E-state index is -0.118. The number of nitrogens with one attached hydrogen (secondary N) is 2. The SMILES string of the molecule is CC(=O)Nc1nc(Cn2cc(CNC(C)(C)C)nn2)cs1. The van der Waals surface area contributed by atoms with Gasteiger partial charge < -0.3 is 10.6 Å². The van der Waals surface area contributed by atoms with Gasteiger partial charge in [0.05, 0.1) is 24.1 Å². The van der Waals surface area contributed by atoms with Crippen molar-refractivity contribution in [2.75, 3.05) is 5.32 Å². The zero-order valence-corrected chi connectivity index (χ0v) is 13.5. The number of rotatable bonds is 5. The molecule has 0 spiro atoms. The highest BCUT2D eigenvalue weighted by Crippen LogP contribution is 2.16. The molecule has 114 valence electrons. The third-order valence-electron chi connectivity index (χ3n) is 2.54. The number of anilines is 1. The molecule has 8 heteroatoms. The fraction of sp³-hybridized carbons (Fsp3) is 0.538. The van der Waals surface area contributed by atoms with E-state index in [1.54, 1.807) is 4.68 Å². The monoisotopic (exact) mass is 308 g/mol. The van der Waals surface area contributed by atoms with E-state index in [-0.39, 0.29) is 11.4 Å². The van der Waals surface area contributed by atoms with Crippen molar-refractivity contribution in [2.45, 2.75) is 46.3 Å². The number of carbonyl (C=O) groups is 1. The lowest BCUT2D eigenvalue weighted by Crippen LogP contribution is -2.35. The first kappa shape index (κ1) is 15.6. The molecule has 0 aliphatic heterocycles. The maximum atomic E-state index is 11.0. The molecule has 2 rings (SSSR count). The summed E-state index contributed by atoms with van der Waals surface area (Å²) in [6.07, 6.45) is 1.90. The Labute approximate surface area is 127 Å². The Morgan fingerprint density at radius 3 is 2.81 bits per heavy atom. The molecule has 2 heterocycles. The van der Waals surface area contributed by atoms with Gasteiger partial charge in [0.15, 0.2) is 5.13 Å². The van der Waals surface area contributed by atoms with Crippen LogP contribution in [0.3, 0.4) is 0 Å². The average Bonchev–Trinajstić information content (AvgIpc) is 2.95. The van der Waals surface area contributed by atoms with E-state index >= 15 is 0 Å². The number of thiazole rings is 1. The van der Waals surface area contributed by atoms with Crippen LogP contribution in [0.1, 0.15) is 39.1 Å². The van der Waals surface area contributed by atoms with Gasteiger partial charge in [0.2, 0.25) is 5.91 Å². The van der Waals surface area contributed by atoms with E-state index in [1.165, 1.54) is 18.3 Å². The van der Waals surface area contributed by atoms with Crippen molar-refractivity contribution in [3.05, 3.63) is 23.0 Å². The van der Waals surface area contributed by atoms with Gasteiger partial charge in [-0.05, 0) is 20.8 Å². The van der Waals surface area contributed by atoms with Crippen LogP contribution in [-0.4, -0.2) is 31.4 Å². The lowest BCUT2D eigenvalue weighted by Gasteiger charge is -2.19. The molecule has 0 bridgehead atoms. The van der Waals surface area contributed by atoms with Crippen LogP contribution >= 0.6 is 11.3 Å². The molecule has 0 aromatic carbocycles. The van der Waals surface area contributed by atoms with Crippen molar-refractivity contribution in [1.29, 1.82) is 0 Å². The quantitative estimate of drug-likeness (QED) is 0.877. The molecule has 0 atom stereocenters. The van der Waals surface area contributed by atoms with E-state index < -0.39 is 0 Å². The Bertz CT molecular complexity index is 612. The summed E-state index contributed by atoms with van der Waals surface area (Å²) in [6.45, 7) is 9.01. The van der Waals surface area contributed by atoms with Crippen molar-refractivity contribution in [3.63, 3.8) is 0 Å². The van der Waals surface area contributed by atoms with E-state index in [1.807, 2.05) is 11.6 Å². The highest BCUT2D eigenvalue weighted by molar-refractivity contribution is 7.13. The molecule has 21 heavy (non-hydrogen) atoms. The van der Waals surface area contributed by atoms with Crippen LogP contribution in [0, 0.1) is 0 Å². The summed E-state index contributed by atoms with van der Waals surface area (Å²) < 4.78 is 1.74. The number of aromatic nitrogens is 4. The van der Waals surface area contributed by atoms with Crippen LogP contribution in [-0.2, 0) is 17.9 Å². The van der Waals surface area contributed by atoms with E-state index in [0.29, 0.717) is 18.2 Å². The van der Waals surface area contributed by atoms with Crippen molar-refractivity contribution in [3.8, 4) is 0 Å². The topological polar surface area (TPSA) is 84.7 Å². The van der Waals surface area contributed by atoms with Gasteiger partial charge in [0.25, 0.3) is 0 Å². The lowest BCUT2D eigenvalue weighted by molar-refractivity contribution is -0.114. The molecule has 0 unspecified atom stereocenters. The van der Waals surface area contributed by atoms with Crippen LogP contribution in [0.4, 0.5) is 5.13 Å². The van der Waals surface area contributed by atoms with Gasteiger partial charge in [0.1, 0.15) is 0 Å². The van der Waals surface area contributed by atoms with Gasteiger partial charge in [0, 0.05) is 24.4 Å². The number of nitrogens with zero attached hydrogens (tertiary/aromatic N) is 4. The van der Waals surface area contributed by atoms with E-state index in [2.05, 4.69) is 46.7 Å². The van der Waals surface area contributed by atoms with Crippen LogP contribution in [0.5, 0.6) is 0 Å². The second-order valence-electron chi connectivity index (χ2n) is 5.84. The fourth-order valence-corrected chi connectivity index (χ4v) is 2.35. The molecule has 0 aliphatic rings. The minimum Gasteiger partial charge on any atom is -0.306 e. The van der Waals surface area contributed by atoms with Gasteiger partial charge in [-0.15, -0.1) is 16.4 Å². The summed E-state index contributed by atoms with van der Waals surface area (Å²) in [4.78, 5) is 15.3. The smallest absolute Gasteiger partial charge is 0.223 e. The Hall–Kier alpha value is -1.80. The second-order valence-corrected chi connectivity index (χ2v) is 6.69. The third-order valence-corrected chi connectivity index (χ3v) is 3.35. The largest absolute Gasteiger partial charge is 0.306 e. The van der Waals surface area contributed by atoms with Gasteiger partial charge >= 0.3 is 0 Å². The van der Waals surface area contributed by atoms with Gasteiger partial charge in [-0.1, -0.05) is 5.21 Å². The molecule has 2 N–H and O–H groups in total. The van der Waals surface area contributed by atoms with Crippen LogP contribution < -0.4 is 10.6 Å². The normalized spacial score (nSPS) is 11.6. The van der Waals surface area contributed by atoms with Crippen LogP contribution in [0.15, 0.2) is 11.6 Å². The summed E-state index contributed by atoms with van der Waals surface area (Å²) in [5, 5.41) is 16.8. The second kappa shape index (κ2) is 6.31. The molecule has 2 aromatic rings. The van der Waals surface area contributed by atoms with Gasteiger partial charge in [-0.2, -0.15) is 0 Å². The maximum absolute atomic E-state index is 11.0. The molecule has 0 saturated carbocycles. The molecule has 0 saturated heterocycles. The Kier molecular flexibility index (Phi) is 4.69. The first-order chi connectivity index (χ1) is 9.82. The van der Waals surface area contributed by atoms with E-state index in [9.17, 15) is 4.79 Å². The Morgan fingerprint density at radius 2 is 2.14 bits per heavy atom. The molecular formula is C13H20N6OS. The first-order valence-electron chi connectivity index (χ1n) is 6.68. The predicted octanol–water partition coefficient (Wildman–Crippen LogP) is 1.63. The highest BCUT2D eigenvalue weighted by Gasteiger charge is 2.11. The fourth-order valence-electron chi connectivity index (χ4n) is 1.61. The molecule has 1 amide bonds. The van der Waals surface area contributed by atoms with Crippen molar-refractivity contribution in [2.24, 2.45) is 0 Å². The van der Waals surface area contributed by atoms with Crippen LogP contribution in [0.2, 0.25) is 0 Å². The van der Waals surface area contributed by atoms with E-state index in [0.717, 1.165) is 11.4 Å². The molecular weight excluding hydrogens is 288 g/mol. The summed E-state index contributed by atoms with van der Waals surface area (Å²) in [5.41, 5.74) is 1.79. The highest BCUT2D eigenvalue weighted by atomic mass is 32.1. The molecule has 0 fully saturated rings. The first-order valence-corrected chi connectivity index (χ1v) is 7.56. The Balaban J connectivity index is 1.93. The summed E-state index contributed by atoms with van der Waals surface area (Å²) >= 11 is 1.40. The molecule has 0 aliphatic carbocycles. The van der Waals surface area contributed by atoms with Crippen molar-refractivity contribution < 1.29 is 4.79 Å². The van der Waals surface area contributed by atoms with Gasteiger partial charge in [-0.3, -0.25) is 4.79 Å². The zero-order chi connectivity index (χ0) is 15.5. The van der Waals surface area contributed by atoms with E-state index in [4.69, 9.17) is 0 Å². The number of amides is 1. The zero-order valence-electron chi connectivity index (χ0n) is 12.7. The Morgan fingerprint density at radius 1 is 1.38 bits per heavy atom. The number of carbonyl (C=O) groups excluding carboxylic acids is 1. The maximum Gasteiger partial charge on any atom is 0.223 e. The summed E-state index contributed by atoms with van der Waals surface area (Å²) in [6, 6.07) is 0. The summed E-state index contributed by atoms with van der Waals surface area (Å²) in [7, 11) is 0. The average molecular weight is 308 g/mol. The standard InChI is InChI=1S/C13H20N6OS/c1-9(20)15-12-16-11(8-21-12)7-19-6-10(17-18-19)5-14-13(2,3)4/h6,8,14H,5,7H2,1-4H3,(H,15,16,20). The molecule has 2 aromatic heterocycles. The summed E-state index contributed by atoms with van der Waals surface area (Å²) in [5.74, 6) is -0.118. The lowest BCUT2D eigenvalue weighted by atomic mass is 10.1. The number of hydrogen-bond acceptors (Lipinski definition) is 6. The third kappa shape index (κ3) is 5.24. The number of hydrogen-bond donors (Lipinski definition) is 2. The molecule has 0 radical (unpaired) electrons. The van der Waals surface area contributed by atoms with Crippen LogP contribution in [0.25, 0.3) is 0 Å². The van der Waals surface area contributed by atoms with Crippen molar-refractivity contribution in [1.82, 2.24) is 25.3 Å².